The first-order valence-corrected chi connectivity index (χ1v) is 12.5. The SMILES string of the molecule is COc1ccc(F)c(-n2nnc(COc3cccc(C4(C5CC5)CCNC4C(=O)O)c3)c2OC(C)C)c1. The lowest BCUT2D eigenvalue weighted by Gasteiger charge is -2.34. The number of carboxylic acids is 1. The van der Waals surface area contributed by atoms with Gasteiger partial charge in [0, 0.05) is 11.5 Å². The second-order valence-corrected chi connectivity index (χ2v) is 9.84. The number of ether oxygens (including phenoxy) is 3. The molecule has 0 spiro atoms. The number of nitrogens with zero attached hydrogens (tertiary/aromatic N) is 3. The number of aromatic nitrogens is 3. The molecule has 3 aromatic rings. The lowest BCUT2D eigenvalue weighted by molar-refractivity contribution is -0.140. The predicted octanol–water partition coefficient (Wildman–Crippen LogP) is 3.88. The molecule has 1 aliphatic carbocycles. The first-order chi connectivity index (χ1) is 17.8. The zero-order chi connectivity index (χ0) is 26.2. The van der Waals surface area contributed by atoms with Gasteiger partial charge in [0.25, 0.3) is 0 Å². The van der Waals surface area contributed by atoms with Crippen molar-refractivity contribution in [2.24, 2.45) is 5.92 Å². The third kappa shape index (κ3) is 4.73. The average molecular weight is 511 g/mol. The summed E-state index contributed by atoms with van der Waals surface area (Å²) in [6, 6.07) is 11.4. The maximum absolute atomic E-state index is 14.7. The Morgan fingerprint density at radius 1 is 1.24 bits per heavy atom. The molecule has 2 aliphatic rings. The van der Waals surface area contributed by atoms with Crippen LogP contribution in [0.4, 0.5) is 4.39 Å². The number of carbonyl (C=O) groups is 1. The summed E-state index contributed by atoms with van der Waals surface area (Å²) in [5, 5.41) is 21.4. The Balaban J connectivity index is 1.43. The number of halogens is 1. The number of benzene rings is 2. The molecule has 0 amide bonds. The van der Waals surface area contributed by atoms with Crippen LogP contribution in [0.15, 0.2) is 42.5 Å². The highest BCUT2D eigenvalue weighted by molar-refractivity contribution is 5.77. The second kappa shape index (κ2) is 10.0. The van der Waals surface area contributed by atoms with Crippen molar-refractivity contribution in [2.75, 3.05) is 13.7 Å². The van der Waals surface area contributed by atoms with Gasteiger partial charge in [0.05, 0.1) is 13.2 Å². The fourth-order valence-electron chi connectivity index (χ4n) is 5.35. The van der Waals surface area contributed by atoms with Crippen LogP contribution in [0.25, 0.3) is 5.69 Å². The molecule has 10 heteroatoms. The van der Waals surface area contributed by atoms with E-state index in [4.69, 9.17) is 14.2 Å². The number of hydrogen-bond donors (Lipinski definition) is 2. The molecule has 1 saturated heterocycles. The minimum Gasteiger partial charge on any atom is -0.497 e. The fourth-order valence-corrected chi connectivity index (χ4v) is 5.35. The van der Waals surface area contributed by atoms with E-state index in [1.54, 1.807) is 0 Å². The number of aliphatic carboxylic acids is 1. The summed E-state index contributed by atoms with van der Waals surface area (Å²) in [6.45, 7) is 4.42. The Morgan fingerprint density at radius 3 is 2.76 bits per heavy atom. The average Bonchev–Trinajstić information content (AvgIpc) is 3.52. The maximum Gasteiger partial charge on any atom is 0.321 e. The number of carboxylic acid groups (broad SMARTS) is 1. The molecule has 37 heavy (non-hydrogen) atoms. The Hall–Kier alpha value is -3.66. The first-order valence-electron chi connectivity index (χ1n) is 12.5. The maximum atomic E-state index is 14.7. The van der Waals surface area contributed by atoms with Crippen LogP contribution >= 0.6 is 0 Å². The van der Waals surface area contributed by atoms with Gasteiger partial charge in [0.15, 0.2) is 5.69 Å². The lowest BCUT2D eigenvalue weighted by atomic mass is 9.70. The second-order valence-electron chi connectivity index (χ2n) is 9.84. The van der Waals surface area contributed by atoms with Crippen LogP contribution in [0.3, 0.4) is 0 Å². The molecule has 2 unspecified atom stereocenters. The van der Waals surface area contributed by atoms with E-state index in [0.29, 0.717) is 29.7 Å². The quantitative estimate of drug-likeness (QED) is 0.423. The predicted molar refractivity (Wildman–Crippen MR) is 133 cm³/mol. The van der Waals surface area contributed by atoms with Gasteiger partial charge in [-0.2, -0.15) is 4.68 Å². The first kappa shape index (κ1) is 25.0. The van der Waals surface area contributed by atoms with E-state index in [9.17, 15) is 14.3 Å². The van der Waals surface area contributed by atoms with E-state index >= 15 is 0 Å². The van der Waals surface area contributed by atoms with Gasteiger partial charge in [-0.05, 0) is 75.4 Å². The summed E-state index contributed by atoms with van der Waals surface area (Å²) in [6.07, 6.45) is 2.60. The summed E-state index contributed by atoms with van der Waals surface area (Å²) < 4.78 is 33.3. The minimum atomic E-state index is -0.826. The van der Waals surface area contributed by atoms with E-state index < -0.39 is 23.2 Å². The van der Waals surface area contributed by atoms with Gasteiger partial charge >= 0.3 is 5.97 Å². The molecule has 2 heterocycles. The van der Waals surface area contributed by atoms with E-state index in [2.05, 4.69) is 15.6 Å². The van der Waals surface area contributed by atoms with E-state index in [0.717, 1.165) is 24.8 Å². The normalized spacial score (nSPS) is 21.3. The number of rotatable bonds is 10. The van der Waals surface area contributed by atoms with Gasteiger partial charge in [0.1, 0.15) is 35.7 Å². The molecule has 1 aromatic heterocycles. The summed E-state index contributed by atoms with van der Waals surface area (Å²) in [5.74, 6) is 0.352. The molecular formula is C27H31FN4O5. The monoisotopic (exact) mass is 510 g/mol. The molecule has 2 N–H and O–H groups in total. The van der Waals surface area contributed by atoms with Crippen molar-refractivity contribution in [1.82, 2.24) is 20.3 Å². The summed E-state index contributed by atoms with van der Waals surface area (Å²) in [5.41, 5.74) is 1.06. The molecule has 2 atom stereocenters. The zero-order valence-corrected chi connectivity index (χ0v) is 21.1. The molecule has 2 aromatic carbocycles. The van der Waals surface area contributed by atoms with Crippen molar-refractivity contribution in [3.05, 3.63) is 59.5 Å². The molecule has 0 bridgehead atoms. The summed E-state index contributed by atoms with van der Waals surface area (Å²) in [4.78, 5) is 12.1. The van der Waals surface area contributed by atoms with Gasteiger partial charge in [-0.1, -0.05) is 17.3 Å². The standard InChI is InChI=1S/C27H31FN4O5/c1-16(2)37-25-22(30-31-32(25)23-14-19(35-3)9-10-21(23)28)15-36-20-6-4-5-18(13-20)27(17-7-8-17)11-12-29-24(27)26(33)34/h4-6,9-10,13-14,16-17,24,29H,7-8,11-12,15H2,1-3H3,(H,33,34). The van der Waals surface area contributed by atoms with E-state index in [1.807, 2.05) is 38.1 Å². The van der Waals surface area contributed by atoms with Gasteiger partial charge in [-0.15, -0.1) is 5.10 Å². The highest BCUT2D eigenvalue weighted by Crippen LogP contribution is 2.53. The van der Waals surface area contributed by atoms with E-state index in [-0.39, 0.29) is 24.3 Å². The van der Waals surface area contributed by atoms with Crippen molar-refractivity contribution in [3.63, 3.8) is 0 Å². The van der Waals surface area contributed by atoms with Crippen molar-refractivity contribution in [3.8, 4) is 23.1 Å². The molecule has 5 rings (SSSR count). The number of hydrogen-bond acceptors (Lipinski definition) is 7. The summed E-state index contributed by atoms with van der Waals surface area (Å²) >= 11 is 0. The lowest BCUT2D eigenvalue weighted by Crippen LogP contribution is -2.47. The van der Waals surface area contributed by atoms with Crippen molar-refractivity contribution >= 4 is 5.97 Å². The number of nitrogens with one attached hydrogen (secondary N) is 1. The third-order valence-corrected chi connectivity index (χ3v) is 7.13. The molecular weight excluding hydrogens is 479 g/mol. The Morgan fingerprint density at radius 2 is 2.05 bits per heavy atom. The van der Waals surface area contributed by atoms with Crippen molar-refractivity contribution < 1.29 is 28.5 Å². The molecule has 1 aliphatic heterocycles. The molecule has 1 saturated carbocycles. The Bertz CT molecular complexity index is 1290. The Kier molecular flexibility index (Phi) is 6.76. The van der Waals surface area contributed by atoms with E-state index in [1.165, 1.54) is 30.0 Å². The largest absolute Gasteiger partial charge is 0.497 e. The minimum absolute atomic E-state index is 0.0358. The van der Waals surface area contributed by atoms with Gasteiger partial charge in [-0.3, -0.25) is 4.79 Å². The van der Waals surface area contributed by atoms with Gasteiger partial charge < -0.3 is 24.6 Å². The smallest absolute Gasteiger partial charge is 0.321 e. The van der Waals surface area contributed by atoms with Crippen LogP contribution in [-0.2, 0) is 16.8 Å². The van der Waals surface area contributed by atoms with Crippen molar-refractivity contribution in [1.29, 1.82) is 0 Å². The third-order valence-electron chi connectivity index (χ3n) is 7.13. The molecule has 196 valence electrons. The van der Waals surface area contributed by atoms with Gasteiger partial charge in [0.2, 0.25) is 5.88 Å². The van der Waals surface area contributed by atoms with Crippen LogP contribution in [-0.4, -0.2) is 51.9 Å². The van der Waals surface area contributed by atoms with Gasteiger partial charge in [-0.25, -0.2) is 4.39 Å². The molecule has 9 nitrogen and oxygen atoms in total. The Labute approximate surface area is 214 Å². The highest BCUT2D eigenvalue weighted by Gasteiger charge is 2.56. The van der Waals surface area contributed by atoms with Crippen LogP contribution in [0.2, 0.25) is 0 Å². The van der Waals surface area contributed by atoms with Crippen LogP contribution in [0.5, 0.6) is 17.4 Å². The molecule has 0 radical (unpaired) electrons. The topological polar surface area (TPSA) is 108 Å². The highest BCUT2D eigenvalue weighted by atomic mass is 19.1. The fraction of sp³-hybridized carbons (Fsp3) is 0.444. The van der Waals surface area contributed by atoms with Crippen LogP contribution in [0, 0.1) is 11.7 Å². The summed E-state index contributed by atoms with van der Waals surface area (Å²) in [7, 11) is 1.50. The zero-order valence-electron chi connectivity index (χ0n) is 21.1. The number of methoxy groups -OCH3 is 1. The van der Waals surface area contributed by atoms with Crippen LogP contribution < -0.4 is 19.5 Å². The van der Waals surface area contributed by atoms with Crippen molar-refractivity contribution in [2.45, 2.75) is 57.3 Å². The van der Waals surface area contributed by atoms with Crippen LogP contribution in [0.1, 0.15) is 44.4 Å². The molecule has 2 fully saturated rings.